The lowest BCUT2D eigenvalue weighted by Crippen LogP contribution is -2.54. The zero-order chi connectivity index (χ0) is 18.3. The van der Waals surface area contributed by atoms with Crippen LogP contribution in [-0.4, -0.2) is 36.6 Å². The molecule has 0 radical (unpaired) electrons. The Bertz CT molecular complexity index is 887. The number of amides is 2. The van der Waals surface area contributed by atoms with Crippen molar-refractivity contribution in [3.05, 3.63) is 53.1 Å². The van der Waals surface area contributed by atoms with Crippen molar-refractivity contribution in [3.8, 4) is 11.5 Å². The Morgan fingerprint density at radius 1 is 1.00 bits per heavy atom. The highest BCUT2D eigenvalue weighted by Crippen LogP contribution is 2.33. The Morgan fingerprint density at radius 2 is 1.77 bits per heavy atom. The zero-order valence-corrected chi connectivity index (χ0v) is 14.7. The van der Waals surface area contributed by atoms with Gasteiger partial charge >= 0.3 is 0 Å². The molecule has 2 heterocycles. The fraction of sp³-hybridized carbons (Fsp3) is 0.300. The molecule has 134 valence electrons. The smallest absolute Gasteiger partial charge is 0.254 e. The lowest BCUT2D eigenvalue weighted by Gasteiger charge is -2.38. The average molecular weight is 352 g/mol. The van der Waals surface area contributed by atoms with Gasteiger partial charge in [-0.2, -0.15) is 0 Å². The molecule has 0 spiro atoms. The molecule has 0 saturated carbocycles. The molecule has 0 atom stereocenters. The highest BCUT2D eigenvalue weighted by molar-refractivity contribution is 5.99. The van der Waals surface area contributed by atoms with Gasteiger partial charge in [-0.15, -0.1) is 0 Å². The van der Waals surface area contributed by atoms with Crippen molar-refractivity contribution in [2.24, 2.45) is 5.92 Å². The Kier molecular flexibility index (Phi) is 4.03. The third-order valence-corrected chi connectivity index (χ3v) is 4.93. The number of benzene rings is 2. The van der Waals surface area contributed by atoms with E-state index in [0.717, 1.165) is 11.3 Å². The molecule has 4 rings (SSSR count). The van der Waals surface area contributed by atoms with Crippen molar-refractivity contribution in [1.29, 1.82) is 0 Å². The number of anilines is 1. The number of likely N-dealkylation sites (tertiary alicyclic amines) is 1. The second-order valence-corrected chi connectivity index (χ2v) is 6.76. The maximum Gasteiger partial charge on any atom is 0.254 e. The number of ether oxygens (including phenoxy) is 2. The predicted molar refractivity (Wildman–Crippen MR) is 96.5 cm³/mol. The summed E-state index contributed by atoms with van der Waals surface area (Å²) in [5, 5.41) is 2.93. The second-order valence-electron chi connectivity index (χ2n) is 6.76. The van der Waals surface area contributed by atoms with E-state index in [1.165, 1.54) is 5.56 Å². The van der Waals surface area contributed by atoms with Crippen LogP contribution in [0.4, 0.5) is 5.69 Å². The van der Waals surface area contributed by atoms with Crippen LogP contribution >= 0.6 is 0 Å². The van der Waals surface area contributed by atoms with Gasteiger partial charge in [-0.05, 0) is 55.3 Å². The van der Waals surface area contributed by atoms with Gasteiger partial charge in [0.05, 0.1) is 5.92 Å². The molecule has 2 aromatic rings. The van der Waals surface area contributed by atoms with Crippen LogP contribution in [0.3, 0.4) is 0 Å². The summed E-state index contributed by atoms with van der Waals surface area (Å²) < 4.78 is 10.6. The number of carbonyl (C=O) groups excluding carboxylic acids is 2. The second kappa shape index (κ2) is 6.37. The third-order valence-electron chi connectivity index (χ3n) is 4.93. The molecule has 1 fully saturated rings. The normalized spacial score (nSPS) is 15.5. The van der Waals surface area contributed by atoms with Gasteiger partial charge in [-0.1, -0.05) is 6.07 Å². The van der Waals surface area contributed by atoms with E-state index in [1.54, 1.807) is 23.1 Å². The number of hydrogen-bond donors (Lipinski definition) is 1. The first-order valence-electron chi connectivity index (χ1n) is 8.58. The fourth-order valence-electron chi connectivity index (χ4n) is 3.09. The van der Waals surface area contributed by atoms with Crippen molar-refractivity contribution in [2.45, 2.75) is 13.8 Å². The number of nitrogens with zero attached hydrogens (tertiary/aromatic N) is 1. The Labute approximate surface area is 151 Å². The molecule has 6 nitrogen and oxygen atoms in total. The first kappa shape index (κ1) is 16.4. The minimum Gasteiger partial charge on any atom is -0.454 e. The number of nitrogens with one attached hydrogen (secondary N) is 1. The molecule has 2 amide bonds. The van der Waals surface area contributed by atoms with E-state index in [2.05, 4.69) is 5.32 Å². The Hall–Kier alpha value is -3.02. The van der Waals surface area contributed by atoms with Crippen LogP contribution in [0.1, 0.15) is 21.5 Å². The van der Waals surface area contributed by atoms with Crippen LogP contribution in [0, 0.1) is 19.8 Å². The molecule has 0 aromatic heterocycles. The average Bonchev–Trinajstić information content (AvgIpc) is 3.04. The van der Waals surface area contributed by atoms with Crippen LogP contribution in [-0.2, 0) is 4.79 Å². The SMILES string of the molecule is Cc1ccc(NC(=O)C2CN(C(=O)c3ccc4c(c3)OCO4)C2)cc1C. The van der Waals surface area contributed by atoms with E-state index in [9.17, 15) is 9.59 Å². The van der Waals surface area contributed by atoms with Gasteiger partial charge in [0, 0.05) is 24.3 Å². The summed E-state index contributed by atoms with van der Waals surface area (Å²) in [5.74, 6) is 0.896. The zero-order valence-electron chi connectivity index (χ0n) is 14.7. The van der Waals surface area contributed by atoms with Crippen molar-refractivity contribution in [2.75, 3.05) is 25.2 Å². The van der Waals surface area contributed by atoms with E-state index in [0.29, 0.717) is 30.2 Å². The van der Waals surface area contributed by atoms with Gasteiger partial charge in [-0.25, -0.2) is 0 Å². The molecule has 26 heavy (non-hydrogen) atoms. The number of rotatable bonds is 3. The lowest BCUT2D eigenvalue weighted by atomic mass is 9.97. The molecule has 0 aliphatic carbocycles. The van der Waals surface area contributed by atoms with Crippen LogP contribution in [0.2, 0.25) is 0 Å². The minimum atomic E-state index is -0.186. The number of carbonyl (C=O) groups is 2. The molecule has 2 aliphatic heterocycles. The maximum absolute atomic E-state index is 12.5. The number of aryl methyl sites for hydroxylation is 2. The fourth-order valence-corrected chi connectivity index (χ4v) is 3.09. The third kappa shape index (κ3) is 2.98. The van der Waals surface area contributed by atoms with Crippen LogP contribution in [0.15, 0.2) is 36.4 Å². The van der Waals surface area contributed by atoms with E-state index in [-0.39, 0.29) is 24.5 Å². The van der Waals surface area contributed by atoms with E-state index in [1.807, 2.05) is 32.0 Å². The quantitative estimate of drug-likeness (QED) is 0.922. The molecular weight excluding hydrogens is 332 g/mol. The van der Waals surface area contributed by atoms with Crippen LogP contribution < -0.4 is 14.8 Å². The van der Waals surface area contributed by atoms with Gasteiger partial charge in [0.15, 0.2) is 11.5 Å². The van der Waals surface area contributed by atoms with Crippen LogP contribution in [0.25, 0.3) is 0 Å². The lowest BCUT2D eigenvalue weighted by molar-refractivity contribution is -0.123. The Morgan fingerprint density at radius 3 is 2.54 bits per heavy atom. The van der Waals surface area contributed by atoms with E-state index < -0.39 is 0 Å². The van der Waals surface area contributed by atoms with Gasteiger partial charge in [0.2, 0.25) is 12.7 Å². The van der Waals surface area contributed by atoms with Crippen molar-refractivity contribution >= 4 is 17.5 Å². The summed E-state index contributed by atoms with van der Waals surface area (Å²) in [5.41, 5.74) is 3.66. The summed E-state index contributed by atoms with van der Waals surface area (Å²) in [6.07, 6.45) is 0. The molecular formula is C20H20N2O4. The predicted octanol–water partition coefficient (Wildman–Crippen LogP) is 2.74. The highest BCUT2D eigenvalue weighted by atomic mass is 16.7. The van der Waals surface area contributed by atoms with Crippen molar-refractivity contribution < 1.29 is 19.1 Å². The van der Waals surface area contributed by atoms with Gasteiger partial charge < -0.3 is 19.7 Å². The molecule has 1 saturated heterocycles. The minimum absolute atomic E-state index is 0.0528. The van der Waals surface area contributed by atoms with Crippen LogP contribution in [0.5, 0.6) is 11.5 Å². The molecule has 2 aromatic carbocycles. The molecule has 0 bridgehead atoms. The van der Waals surface area contributed by atoms with E-state index >= 15 is 0 Å². The monoisotopic (exact) mass is 352 g/mol. The summed E-state index contributed by atoms with van der Waals surface area (Å²) in [4.78, 5) is 26.6. The molecule has 6 heteroatoms. The Balaban J connectivity index is 1.35. The largest absolute Gasteiger partial charge is 0.454 e. The highest BCUT2D eigenvalue weighted by Gasteiger charge is 2.36. The number of hydrogen-bond acceptors (Lipinski definition) is 4. The standard InChI is InChI=1S/C20H20N2O4/c1-12-3-5-16(7-13(12)2)21-19(23)15-9-22(10-15)20(24)14-4-6-17-18(8-14)26-11-25-17/h3-8,15H,9-11H2,1-2H3,(H,21,23). The van der Waals surface area contributed by atoms with Gasteiger partial charge in [0.1, 0.15) is 0 Å². The van der Waals surface area contributed by atoms with Crippen molar-refractivity contribution in [3.63, 3.8) is 0 Å². The summed E-state index contributed by atoms with van der Waals surface area (Å²) in [7, 11) is 0. The maximum atomic E-state index is 12.5. The molecule has 1 N–H and O–H groups in total. The summed E-state index contributed by atoms with van der Waals surface area (Å²) in [6.45, 7) is 5.07. The van der Waals surface area contributed by atoms with Gasteiger partial charge in [-0.3, -0.25) is 9.59 Å². The van der Waals surface area contributed by atoms with E-state index in [4.69, 9.17) is 9.47 Å². The molecule has 0 unspecified atom stereocenters. The topological polar surface area (TPSA) is 67.9 Å². The van der Waals surface area contributed by atoms with Crippen molar-refractivity contribution in [1.82, 2.24) is 4.90 Å². The first-order chi connectivity index (χ1) is 12.5. The summed E-state index contributed by atoms with van der Waals surface area (Å²) in [6, 6.07) is 11.0. The first-order valence-corrected chi connectivity index (χ1v) is 8.58. The number of fused-ring (bicyclic) bond motifs is 1. The molecule has 2 aliphatic rings. The summed E-state index contributed by atoms with van der Waals surface area (Å²) >= 11 is 0. The van der Waals surface area contributed by atoms with Gasteiger partial charge in [0.25, 0.3) is 5.91 Å².